The second-order valence-corrected chi connectivity index (χ2v) is 7.37. The van der Waals surface area contributed by atoms with Crippen LogP contribution in [0.1, 0.15) is 33.6 Å². The molecule has 3 rings (SSSR count). The van der Waals surface area contributed by atoms with Crippen LogP contribution in [0.3, 0.4) is 0 Å². The smallest absolute Gasteiger partial charge is 0.283 e. The van der Waals surface area contributed by atoms with Crippen LogP contribution in [0.25, 0.3) is 0 Å². The van der Waals surface area contributed by atoms with Gasteiger partial charge < -0.3 is 10.2 Å². The van der Waals surface area contributed by atoms with E-state index >= 15 is 0 Å². The molecule has 1 aromatic rings. The molecule has 2 N–H and O–H groups in total. The van der Waals surface area contributed by atoms with E-state index in [1.807, 2.05) is 38.1 Å². The predicted octanol–water partition coefficient (Wildman–Crippen LogP) is 1.07. The van der Waals surface area contributed by atoms with Crippen LogP contribution < -0.4 is 15.1 Å². The number of rotatable bonds is 2. The summed E-state index contributed by atoms with van der Waals surface area (Å²) in [7, 11) is 0. The van der Waals surface area contributed by atoms with Gasteiger partial charge >= 0.3 is 0 Å². The molecule has 0 aliphatic carbocycles. The highest BCUT2D eigenvalue weighted by Gasteiger charge is 2.44. The third-order valence-corrected chi connectivity index (χ3v) is 5.14. The van der Waals surface area contributed by atoms with Gasteiger partial charge in [0.25, 0.3) is 5.91 Å². The summed E-state index contributed by atoms with van der Waals surface area (Å²) in [5.74, 6) is 0.653. The van der Waals surface area contributed by atoms with Crippen LogP contribution >= 0.6 is 0 Å². The van der Waals surface area contributed by atoms with Crippen molar-refractivity contribution in [1.82, 2.24) is 0 Å². The molecular formula is C18H26N3O2+. The molecule has 2 heterocycles. The second kappa shape index (κ2) is 5.96. The summed E-state index contributed by atoms with van der Waals surface area (Å²) < 4.78 is 0. The van der Waals surface area contributed by atoms with Crippen LogP contribution in [-0.4, -0.2) is 37.0 Å². The fourth-order valence-electron chi connectivity index (χ4n) is 3.54. The summed E-state index contributed by atoms with van der Waals surface area (Å²) in [6, 6.07) is 7.53. The lowest BCUT2D eigenvalue weighted by Gasteiger charge is -2.42. The molecule has 0 spiro atoms. The van der Waals surface area contributed by atoms with Crippen LogP contribution in [0.15, 0.2) is 24.3 Å². The van der Waals surface area contributed by atoms with Crippen LogP contribution in [-0.2, 0) is 9.59 Å². The molecular weight excluding hydrogens is 290 g/mol. The van der Waals surface area contributed by atoms with Crippen molar-refractivity contribution in [2.24, 2.45) is 5.92 Å². The fraction of sp³-hybridized carbons (Fsp3) is 0.556. The van der Waals surface area contributed by atoms with Crippen LogP contribution in [0, 0.1) is 5.92 Å². The molecule has 0 radical (unpaired) electrons. The van der Waals surface area contributed by atoms with E-state index < -0.39 is 5.54 Å². The number of nitrogens with zero attached hydrogens (tertiary/aromatic N) is 1. The zero-order valence-electron chi connectivity index (χ0n) is 14.2. The van der Waals surface area contributed by atoms with E-state index in [1.165, 1.54) is 17.7 Å². The Morgan fingerprint density at radius 1 is 1.30 bits per heavy atom. The average molecular weight is 316 g/mol. The van der Waals surface area contributed by atoms with Crippen LogP contribution in [0.2, 0.25) is 0 Å². The summed E-state index contributed by atoms with van der Waals surface area (Å²) >= 11 is 0. The molecule has 2 amide bonds. The standard InChI is InChI=1S/C18H25N3O2/c1-13-8-10-20(11-9-13)12-16(22)21-15-7-5-4-6-14(15)19-17(23)18(21,2)3/h4-7,13H,8-12H2,1-3H3,(H,19,23)/p+1. The second-order valence-electron chi connectivity index (χ2n) is 7.37. The Morgan fingerprint density at radius 2 is 1.96 bits per heavy atom. The first kappa shape index (κ1) is 16.0. The number of anilines is 2. The summed E-state index contributed by atoms with van der Waals surface area (Å²) in [4.78, 5) is 28.4. The van der Waals surface area contributed by atoms with Gasteiger partial charge in [-0.05, 0) is 44.7 Å². The van der Waals surface area contributed by atoms with E-state index in [-0.39, 0.29) is 11.8 Å². The van der Waals surface area contributed by atoms with E-state index in [9.17, 15) is 9.59 Å². The number of fused-ring (bicyclic) bond motifs is 1. The number of quaternary nitrogens is 1. The molecule has 5 heteroatoms. The topological polar surface area (TPSA) is 53.9 Å². The van der Waals surface area contributed by atoms with E-state index in [1.54, 1.807) is 4.90 Å². The van der Waals surface area contributed by atoms with Crippen molar-refractivity contribution in [3.63, 3.8) is 0 Å². The Labute approximate surface area is 137 Å². The van der Waals surface area contributed by atoms with Gasteiger partial charge in [-0.1, -0.05) is 19.1 Å². The van der Waals surface area contributed by atoms with Crippen LogP contribution in [0.4, 0.5) is 11.4 Å². The molecule has 1 saturated heterocycles. The SMILES string of the molecule is CC1CC[NH+](CC(=O)N2c3ccccc3NC(=O)C2(C)C)CC1. The Morgan fingerprint density at radius 3 is 2.65 bits per heavy atom. The third kappa shape index (κ3) is 2.98. The Balaban J connectivity index is 1.84. The molecule has 1 aromatic carbocycles. The molecule has 0 saturated carbocycles. The molecule has 2 aliphatic heterocycles. The number of piperidine rings is 1. The normalized spacial score (nSPS) is 26.4. The lowest BCUT2D eigenvalue weighted by Crippen LogP contribution is -3.14. The zero-order chi connectivity index (χ0) is 16.6. The predicted molar refractivity (Wildman–Crippen MR) is 90.6 cm³/mol. The lowest BCUT2D eigenvalue weighted by atomic mass is 9.95. The number of benzene rings is 1. The quantitative estimate of drug-likeness (QED) is 0.857. The number of amides is 2. The minimum absolute atomic E-state index is 0.0295. The highest BCUT2D eigenvalue weighted by atomic mass is 16.2. The maximum Gasteiger partial charge on any atom is 0.283 e. The maximum absolute atomic E-state index is 13.0. The molecule has 2 aliphatic rings. The molecule has 1 fully saturated rings. The van der Waals surface area contributed by atoms with Gasteiger partial charge in [0.1, 0.15) is 5.54 Å². The summed E-state index contributed by atoms with van der Waals surface area (Å²) in [5.41, 5.74) is 0.646. The summed E-state index contributed by atoms with van der Waals surface area (Å²) in [6.07, 6.45) is 2.34. The van der Waals surface area contributed by atoms with Gasteiger partial charge in [0, 0.05) is 0 Å². The van der Waals surface area contributed by atoms with E-state index in [2.05, 4.69) is 12.2 Å². The number of hydrogen-bond acceptors (Lipinski definition) is 2. The molecule has 0 atom stereocenters. The number of para-hydroxylation sites is 2. The number of likely N-dealkylation sites (tertiary alicyclic amines) is 1. The molecule has 0 unspecified atom stereocenters. The van der Waals surface area contributed by atoms with Crippen LogP contribution in [0.5, 0.6) is 0 Å². The molecule has 23 heavy (non-hydrogen) atoms. The number of hydrogen-bond donors (Lipinski definition) is 2. The molecule has 0 aromatic heterocycles. The average Bonchev–Trinajstić information content (AvgIpc) is 2.50. The van der Waals surface area contributed by atoms with Gasteiger partial charge in [-0.3, -0.25) is 14.5 Å². The first-order valence-corrected chi connectivity index (χ1v) is 8.46. The van der Waals surface area contributed by atoms with Crippen molar-refractivity contribution in [1.29, 1.82) is 0 Å². The van der Waals surface area contributed by atoms with E-state index in [4.69, 9.17) is 0 Å². The van der Waals surface area contributed by atoms with Crippen molar-refractivity contribution in [3.05, 3.63) is 24.3 Å². The lowest BCUT2D eigenvalue weighted by molar-refractivity contribution is -0.898. The van der Waals surface area contributed by atoms with Gasteiger partial charge in [0.05, 0.1) is 24.5 Å². The number of carbonyl (C=O) groups is 2. The largest absolute Gasteiger partial charge is 0.327 e. The van der Waals surface area contributed by atoms with Gasteiger partial charge in [0.2, 0.25) is 5.91 Å². The Hall–Kier alpha value is -1.88. The third-order valence-electron chi connectivity index (χ3n) is 5.14. The highest BCUT2D eigenvalue weighted by Crippen LogP contribution is 2.36. The van der Waals surface area contributed by atoms with Gasteiger partial charge in [-0.15, -0.1) is 0 Å². The van der Waals surface area contributed by atoms with E-state index in [0.717, 1.165) is 24.7 Å². The summed E-state index contributed by atoms with van der Waals surface area (Å²) in [5, 5.41) is 2.90. The minimum atomic E-state index is -0.867. The highest BCUT2D eigenvalue weighted by molar-refractivity contribution is 6.14. The van der Waals surface area contributed by atoms with Gasteiger partial charge in [-0.25, -0.2) is 0 Å². The summed E-state index contributed by atoms with van der Waals surface area (Å²) in [6.45, 7) is 8.42. The van der Waals surface area contributed by atoms with Crippen molar-refractivity contribution >= 4 is 23.2 Å². The van der Waals surface area contributed by atoms with Crippen molar-refractivity contribution in [3.8, 4) is 0 Å². The molecule has 124 valence electrons. The maximum atomic E-state index is 13.0. The monoisotopic (exact) mass is 316 g/mol. The first-order chi connectivity index (χ1) is 10.9. The molecule has 5 nitrogen and oxygen atoms in total. The van der Waals surface area contributed by atoms with Crippen molar-refractivity contribution < 1.29 is 14.5 Å². The number of nitrogens with one attached hydrogen (secondary N) is 2. The minimum Gasteiger partial charge on any atom is -0.327 e. The Bertz CT molecular complexity index is 618. The van der Waals surface area contributed by atoms with Gasteiger partial charge in [-0.2, -0.15) is 0 Å². The van der Waals surface area contributed by atoms with Crippen molar-refractivity contribution in [2.75, 3.05) is 29.9 Å². The molecule has 0 bridgehead atoms. The van der Waals surface area contributed by atoms with Crippen molar-refractivity contribution in [2.45, 2.75) is 39.2 Å². The first-order valence-electron chi connectivity index (χ1n) is 8.46. The zero-order valence-corrected chi connectivity index (χ0v) is 14.2. The number of carbonyl (C=O) groups excluding carboxylic acids is 2. The Kier molecular flexibility index (Phi) is 4.15. The van der Waals surface area contributed by atoms with Gasteiger partial charge in [0.15, 0.2) is 6.54 Å². The fourth-order valence-corrected chi connectivity index (χ4v) is 3.54. The van der Waals surface area contributed by atoms with E-state index in [0.29, 0.717) is 12.2 Å².